The highest BCUT2D eigenvalue weighted by Gasteiger charge is 2.25. The van der Waals surface area contributed by atoms with Gasteiger partial charge in [0, 0.05) is 5.56 Å². The van der Waals surface area contributed by atoms with E-state index in [2.05, 4.69) is 69.6 Å². The number of benzene rings is 2. The lowest BCUT2D eigenvalue weighted by molar-refractivity contribution is -0.905. The molecule has 35 heavy (non-hydrogen) atoms. The number of quaternary nitrogens is 1. The monoisotopic (exact) mass is 482 g/mol. The van der Waals surface area contributed by atoms with Crippen molar-refractivity contribution in [3.63, 3.8) is 0 Å². The van der Waals surface area contributed by atoms with Crippen molar-refractivity contribution in [1.82, 2.24) is 0 Å². The summed E-state index contributed by atoms with van der Waals surface area (Å²) in [4.78, 5) is 12.4. The van der Waals surface area contributed by atoms with E-state index in [1.54, 1.807) is 0 Å². The molecule has 0 aromatic heterocycles. The van der Waals surface area contributed by atoms with E-state index in [9.17, 15) is 4.79 Å². The molecule has 0 N–H and O–H groups in total. The average molecular weight is 483 g/mol. The van der Waals surface area contributed by atoms with Crippen LogP contribution in [0.25, 0.3) is 0 Å². The van der Waals surface area contributed by atoms with Crippen molar-refractivity contribution < 1.29 is 18.8 Å². The molecule has 4 heteroatoms. The summed E-state index contributed by atoms with van der Waals surface area (Å²) in [5, 5.41) is 0. The fraction of sp³-hybridized carbons (Fsp3) is 0.581. The first-order chi connectivity index (χ1) is 16.9. The standard InChI is InChI=1S/C31H48NO3/c1-5-6-7-8-9-11-16-28-19-21-30(22-20-28)34-23-14-15-24-35-31(33)27(2)25-32(3,4)26-29-17-12-10-13-18-29/h10,12-13,17-22,27H,5-9,11,14-16,23-26H2,1-4H3/q+1. The van der Waals surface area contributed by atoms with Crippen molar-refractivity contribution in [1.29, 1.82) is 0 Å². The molecule has 0 saturated heterocycles. The number of ether oxygens (including phenoxy) is 2. The number of aryl methyl sites for hydroxylation is 1. The van der Waals surface area contributed by atoms with Crippen molar-refractivity contribution in [2.75, 3.05) is 33.9 Å². The Labute approximate surface area is 214 Å². The van der Waals surface area contributed by atoms with Gasteiger partial charge in [-0.3, -0.25) is 4.79 Å². The molecule has 0 radical (unpaired) electrons. The summed E-state index contributed by atoms with van der Waals surface area (Å²) in [5.74, 6) is 0.687. The van der Waals surface area contributed by atoms with Gasteiger partial charge >= 0.3 is 5.97 Å². The lowest BCUT2D eigenvalue weighted by Gasteiger charge is -2.31. The van der Waals surface area contributed by atoms with Crippen LogP contribution < -0.4 is 4.74 Å². The molecule has 0 aliphatic rings. The number of hydrogen-bond donors (Lipinski definition) is 0. The largest absolute Gasteiger partial charge is 0.494 e. The maximum absolute atomic E-state index is 12.4. The van der Waals surface area contributed by atoms with E-state index in [-0.39, 0.29) is 11.9 Å². The number of carbonyl (C=O) groups excluding carboxylic acids is 1. The molecule has 0 aliphatic carbocycles. The molecule has 0 aliphatic heterocycles. The third kappa shape index (κ3) is 12.8. The van der Waals surface area contributed by atoms with E-state index in [1.165, 1.54) is 49.7 Å². The average Bonchev–Trinajstić information content (AvgIpc) is 2.84. The smallest absolute Gasteiger partial charge is 0.314 e. The Balaban J connectivity index is 1.54. The van der Waals surface area contributed by atoms with Crippen LogP contribution in [0.15, 0.2) is 54.6 Å². The van der Waals surface area contributed by atoms with Crippen LogP contribution in [0, 0.1) is 5.92 Å². The molecule has 0 heterocycles. The van der Waals surface area contributed by atoms with E-state index >= 15 is 0 Å². The fourth-order valence-electron chi connectivity index (χ4n) is 4.53. The normalized spacial score (nSPS) is 12.3. The van der Waals surface area contributed by atoms with Crippen molar-refractivity contribution >= 4 is 5.97 Å². The predicted molar refractivity (Wildman–Crippen MR) is 145 cm³/mol. The zero-order valence-electron chi connectivity index (χ0n) is 22.6. The van der Waals surface area contributed by atoms with Crippen LogP contribution in [-0.4, -0.2) is 44.3 Å². The highest BCUT2D eigenvalue weighted by molar-refractivity contribution is 5.72. The first kappa shape index (κ1) is 28.9. The van der Waals surface area contributed by atoms with E-state index in [4.69, 9.17) is 9.47 Å². The maximum Gasteiger partial charge on any atom is 0.314 e. The minimum absolute atomic E-state index is 0.105. The number of hydrogen-bond acceptors (Lipinski definition) is 3. The first-order valence-electron chi connectivity index (χ1n) is 13.6. The maximum atomic E-state index is 12.4. The van der Waals surface area contributed by atoms with Gasteiger partial charge in [-0.1, -0.05) is 81.5 Å². The van der Waals surface area contributed by atoms with Crippen LogP contribution in [0.5, 0.6) is 5.75 Å². The second kappa shape index (κ2) is 16.4. The Hall–Kier alpha value is -2.33. The summed E-state index contributed by atoms with van der Waals surface area (Å²) < 4.78 is 12.2. The molecule has 2 aromatic carbocycles. The van der Waals surface area contributed by atoms with Gasteiger partial charge in [0.1, 0.15) is 18.2 Å². The van der Waals surface area contributed by atoms with Gasteiger partial charge < -0.3 is 14.0 Å². The molecular weight excluding hydrogens is 434 g/mol. The molecule has 194 valence electrons. The summed E-state index contributed by atoms with van der Waals surface area (Å²) >= 11 is 0. The van der Waals surface area contributed by atoms with Gasteiger partial charge in [-0.2, -0.15) is 0 Å². The van der Waals surface area contributed by atoms with Crippen LogP contribution >= 0.6 is 0 Å². The molecule has 2 aromatic rings. The molecule has 0 spiro atoms. The lowest BCUT2D eigenvalue weighted by atomic mass is 10.0. The number of carbonyl (C=O) groups is 1. The molecule has 0 bridgehead atoms. The number of rotatable bonds is 18. The van der Waals surface area contributed by atoms with E-state index in [0.717, 1.165) is 42.6 Å². The quantitative estimate of drug-likeness (QED) is 0.128. The van der Waals surface area contributed by atoms with Gasteiger partial charge in [0.05, 0.1) is 33.9 Å². The van der Waals surface area contributed by atoms with Crippen LogP contribution in [0.1, 0.15) is 76.3 Å². The topological polar surface area (TPSA) is 35.5 Å². The van der Waals surface area contributed by atoms with Crippen molar-refractivity contribution in [3.05, 3.63) is 65.7 Å². The van der Waals surface area contributed by atoms with Gasteiger partial charge in [0.25, 0.3) is 0 Å². The van der Waals surface area contributed by atoms with Crippen LogP contribution in [-0.2, 0) is 22.5 Å². The molecule has 0 fully saturated rings. The van der Waals surface area contributed by atoms with Gasteiger partial charge in [-0.15, -0.1) is 0 Å². The zero-order valence-corrected chi connectivity index (χ0v) is 22.6. The minimum Gasteiger partial charge on any atom is -0.494 e. The number of unbranched alkanes of at least 4 members (excludes halogenated alkanes) is 6. The van der Waals surface area contributed by atoms with E-state index in [1.807, 2.05) is 13.0 Å². The highest BCUT2D eigenvalue weighted by Crippen LogP contribution is 2.16. The fourth-order valence-corrected chi connectivity index (χ4v) is 4.53. The lowest BCUT2D eigenvalue weighted by Crippen LogP contribution is -2.44. The molecule has 0 amide bonds. The molecule has 1 atom stereocenters. The molecule has 1 unspecified atom stereocenters. The Morgan fingerprint density at radius 3 is 2.17 bits per heavy atom. The summed E-state index contributed by atoms with van der Waals surface area (Å²) in [5.41, 5.74) is 2.67. The number of nitrogens with zero attached hydrogens (tertiary/aromatic N) is 1. The first-order valence-corrected chi connectivity index (χ1v) is 13.6. The van der Waals surface area contributed by atoms with Crippen LogP contribution in [0.2, 0.25) is 0 Å². The molecule has 2 rings (SSSR count). The van der Waals surface area contributed by atoms with Gasteiger partial charge in [-0.25, -0.2) is 0 Å². The van der Waals surface area contributed by atoms with Crippen molar-refractivity contribution in [2.24, 2.45) is 5.92 Å². The summed E-state index contributed by atoms with van der Waals surface area (Å²) in [6.07, 6.45) is 10.8. The molecular formula is C31H48NO3+. The highest BCUT2D eigenvalue weighted by atomic mass is 16.5. The van der Waals surface area contributed by atoms with E-state index in [0.29, 0.717) is 13.2 Å². The van der Waals surface area contributed by atoms with Gasteiger partial charge in [-0.05, 0) is 50.3 Å². The zero-order chi connectivity index (χ0) is 25.4. The Kier molecular flexibility index (Phi) is 13.5. The Morgan fingerprint density at radius 1 is 0.800 bits per heavy atom. The van der Waals surface area contributed by atoms with Crippen molar-refractivity contribution in [2.45, 2.75) is 78.2 Å². The summed E-state index contributed by atoms with van der Waals surface area (Å²) in [6, 6.07) is 18.9. The molecule has 0 saturated carbocycles. The predicted octanol–water partition coefficient (Wildman–Crippen LogP) is 7.20. The van der Waals surface area contributed by atoms with Gasteiger partial charge in [0.15, 0.2) is 0 Å². The third-order valence-corrected chi connectivity index (χ3v) is 6.42. The molecule has 4 nitrogen and oxygen atoms in total. The summed E-state index contributed by atoms with van der Waals surface area (Å²) in [6.45, 7) is 6.98. The Bertz CT molecular complexity index is 817. The van der Waals surface area contributed by atoms with Crippen molar-refractivity contribution in [3.8, 4) is 5.75 Å². The van der Waals surface area contributed by atoms with Gasteiger partial charge in [0.2, 0.25) is 0 Å². The minimum atomic E-state index is -0.125. The number of esters is 1. The SMILES string of the molecule is CCCCCCCCc1ccc(OCCCCOC(=O)C(C)C[N+](C)(C)Cc2ccccc2)cc1. The second-order valence-corrected chi connectivity index (χ2v) is 10.5. The summed E-state index contributed by atoms with van der Waals surface area (Å²) in [7, 11) is 4.32. The Morgan fingerprint density at radius 2 is 1.46 bits per heavy atom. The van der Waals surface area contributed by atoms with E-state index < -0.39 is 0 Å². The van der Waals surface area contributed by atoms with Crippen LogP contribution in [0.4, 0.5) is 0 Å². The van der Waals surface area contributed by atoms with Crippen LogP contribution in [0.3, 0.4) is 0 Å². The third-order valence-electron chi connectivity index (χ3n) is 6.42. The second-order valence-electron chi connectivity index (χ2n) is 10.5.